The molecule has 0 fully saturated rings. The monoisotopic (exact) mass is 313 g/mol. The highest BCUT2D eigenvalue weighted by Gasteiger charge is 2.22. The molecule has 3 heteroatoms. The van der Waals surface area contributed by atoms with Crippen molar-refractivity contribution in [1.29, 1.82) is 0 Å². The van der Waals surface area contributed by atoms with E-state index in [0.29, 0.717) is 0 Å². The second-order valence-corrected chi connectivity index (χ2v) is 8.80. The van der Waals surface area contributed by atoms with Crippen LogP contribution in [-0.4, -0.2) is 9.04 Å². The van der Waals surface area contributed by atoms with Gasteiger partial charge in [0.25, 0.3) is 0 Å². The van der Waals surface area contributed by atoms with Crippen molar-refractivity contribution < 1.29 is 4.43 Å². The largest absolute Gasteiger partial charge is 0.410 e. The number of halogens is 1. The van der Waals surface area contributed by atoms with Gasteiger partial charge in [-0.05, 0) is 42.6 Å². The van der Waals surface area contributed by atoms with E-state index in [1.165, 1.54) is 5.56 Å². The fourth-order valence-corrected chi connectivity index (χ4v) is 2.98. The molecule has 1 rings (SSSR count). The molecule has 1 aromatic rings. The van der Waals surface area contributed by atoms with Crippen LogP contribution in [0.4, 0.5) is 0 Å². The predicted octanol–water partition coefficient (Wildman–Crippen LogP) is 5.19. The zero-order chi connectivity index (χ0) is 13.1. The third kappa shape index (κ3) is 5.84. The fourth-order valence-electron chi connectivity index (χ4n) is 1.78. The van der Waals surface area contributed by atoms with E-state index in [0.717, 1.165) is 10.9 Å². The van der Waals surface area contributed by atoms with E-state index >= 15 is 0 Å². The van der Waals surface area contributed by atoms with Crippen molar-refractivity contribution in [3.63, 3.8) is 0 Å². The smallest absolute Gasteiger partial charge is 0.205 e. The fraction of sp³-hybridized carbons (Fsp3) is 0.571. The van der Waals surface area contributed by atoms with Gasteiger partial charge in [0.15, 0.2) is 0 Å². The molecule has 0 bridgehead atoms. The molecule has 0 amide bonds. The summed E-state index contributed by atoms with van der Waals surface area (Å²) < 4.78 is 7.27. The Balaban J connectivity index is 2.89. The number of hydrogen-bond acceptors (Lipinski definition) is 1. The average molecular weight is 314 g/mol. The maximum absolute atomic E-state index is 6.15. The number of hydrogen-bond donors (Lipinski definition) is 0. The van der Waals surface area contributed by atoms with Crippen molar-refractivity contribution in [3.05, 3.63) is 34.3 Å². The van der Waals surface area contributed by atoms with Crippen molar-refractivity contribution in [2.45, 2.75) is 46.4 Å². The molecular weight excluding hydrogens is 292 g/mol. The quantitative estimate of drug-likeness (QED) is 0.695. The van der Waals surface area contributed by atoms with Crippen LogP contribution < -0.4 is 0 Å². The normalized spacial score (nSPS) is 14.1. The first-order valence-electron chi connectivity index (χ1n) is 6.00. The van der Waals surface area contributed by atoms with Crippen LogP contribution in [0.15, 0.2) is 28.7 Å². The van der Waals surface area contributed by atoms with Crippen LogP contribution >= 0.6 is 15.9 Å². The molecule has 95 valence electrons. The minimum Gasteiger partial charge on any atom is -0.410 e. The first-order valence-corrected chi connectivity index (χ1v) is 9.20. The third-order valence-electron chi connectivity index (χ3n) is 2.40. The molecule has 0 N–H and O–H groups in total. The van der Waals surface area contributed by atoms with Gasteiger partial charge in [0.2, 0.25) is 9.04 Å². The molecule has 0 aliphatic heterocycles. The molecule has 0 heterocycles. The molecule has 0 aromatic heterocycles. The lowest BCUT2D eigenvalue weighted by Crippen LogP contribution is -2.19. The van der Waals surface area contributed by atoms with Crippen LogP contribution in [0.3, 0.4) is 0 Å². The molecule has 17 heavy (non-hydrogen) atoms. The first-order chi connectivity index (χ1) is 7.78. The summed E-state index contributed by atoms with van der Waals surface area (Å²) in [5.74, 6) is 0. The molecular formula is C14H22BrOSi. The Bertz CT molecular complexity index is 357. The minimum atomic E-state index is -0.680. The van der Waals surface area contributed by atoms with Gasteiger partial charge in [-0.1, -0.05) is 48.8 Å². The molecule has 1 radical (unpaired) electrons. The molecule has 0 spiro atoms. The molecule has 1 atom stereocenters. The Kier molecular flexibility index (Phi) is 5.42. The second-order valence-electron chi connectivity index (χ2n) is 5.83. The summed E-state index contributed by atoms with van der Waals surface area (Å²) in [7, 11) is -0.680. The van der Waals surface area contributed by atoms with E-state index in [4.69, 9.17) is 4.43 Å². The van der Waals surface area contributed by atoms with Gasteiger partial charge in [0.1, 0.15) is 0 Å². The Morgan fingerprint density at radius 3 is 2.41 bits per heavy atom. The summed E-state index contributed by atoms with van der Waals surface area (Å²) in [6.07, 6.45) is 1.27. The van der Waals surface area contributed by atoms with E-state index in [1.807, 2.05) is 0 Å². The van der Waals surface area contributed by atoms with Crippen LogP contribution in [0.1, 0.15) is 38.9 Å². The van der Waals surface area contributed by atoms with Gasteiger partial charge >= 0.3 is 0 Å². The van der Waals surface area contributed by atoms with Crippen LogP contribution in [0, 0.1) is 5.41 Å². The molecule has 0 aliphatic rings. The Hall–Kier alpha value is -0.123. The highest BCUT2D eigenvalue weighted by Crippen LogP contribution is 2.33. The molecule has 1 aromatic carbocycles. The topological polar surface area (TPSA) is 9.23 Å². The molecule has 0 saturated heterocycles. The standard InChI is InChI=1S/C14H22BrOSi/c1-14(2,3)10-13(16-17(4)5)11-7-6-8-12(15)9-11/h6-9,13H,10H2,1-5H3. The summed E-state index contributed by atoms with van der Waals surface area (Å²) in [4.78, 5) is 0. The van der Waals surface area contributed by atoms with Gasteiger partial charge in [-0.25, -0.2) is 0 Å². The van der Waals surface area contributed by atoms with Crippen molar-refractivity contribution in [2.75, 3.05) is 0 Å². The maximum atomic E-state index is 6.15. The molecule has 0 saturated carbocycles. The van der Waals surface area contributed by atoms with E-state index in [2.05, 4.69) is 74.1 Å². The van der Waals surface area contributed by atoms with E-state index in [9.17, 15) is 0 Å². The van der Waals surface area contributed by atoms with Gasteiger partial charge in [-0.15, -0.1) is 0 Å². The van der Waals surface area contributed by atoms with Gasteiger partial charge in [0.05, 0.1) is 6.10 Å². The zero-order valence-electron chi connectivity index (χ0n) is 11.4. The van der Waals surface area contributed by atoms with Crippen LogP contribution in [0.2, 0.25) is 13.1 Å². The van der Waals surface area contributed by atoms with E-state index in [-0.39, 0.29) is 11.5 Å². The minimum absolute atomic E-state index is 0.219. The summed E-state index contributed by atoms with van der Waals surface area (Å²) in [6.45, 7) is 11.2. The SMILES string of the molecule is C[Si](C)OC(CC(C)(C)C)c1cccc(Br)c1. The maximum Gasteiger partial charge on any atom is 0.205 e. The Morgan fingerprint density at radius 2 is 1.94 bits per heavy atom. The van der Waals surface area contributed by atoms with Gasteiger partial charge < -0.3 is 4.43 Å². The lowest BCUT2D eigenvalue weighted by molar-refractivity contribution is 0.146. The van der Waals surface area contributed by atoms with Gasteiger partial charge in [0, 0.05) is 4.47 Å². The summed E-state index contributed by atoms with van der Waals surface area (Å²) in [6, 6.07) is 8.46. The van der Waals surface area contributed by atoms with Crippen LogP contribution in [0.5, 0.6) is 0 Å². The molecule has 1 nitrogen and oxygen atoms in total. The highest BCUT2D eigenvalue weighted by atomic mass is 79.9. The van der Waals surface area contributed by atoms with Gasteiger partial charge in [-0.3, -0.25) is 0 Å². The zero-order valence-corrected chi connectivity index (χ0v) is 14.0. The summed E-state index contributed by atoms with van der Waals surface area (Å²) in [5, 5.41) is 0. The molecule has 0 aliphatic carbocycles. The van der Waals surface area contributed by atoms with Gasteiger partial charge in [-0.2, -0.15) is 0 Å². The lowest BCUT2D eigenvalue weighted by atomic mass is 9.87. The van der Waals surface area contributed by atoms with E-state index in [1.54, 1.807) is 0 Å². The second kappa shape index (κ2) is 6.16. The average Bonchev–Trinajstić information content (AvgIpc) is 2.13. The summed E-state index contributed by atoms with van der Waals surface area (Å²) in [5.41, 5.74) is 1.56. The first kappa shape index (κ1) is 14.9. The summed E-state index contributed by atoms with van der Waals surface area (Å²) >= 11 is 3.53. The van der Waals surface area contributed by atoms with Crippen molar-refractivity contribution in [1.82, 2.24) is 0 Å². The number of rotatable bonds is 4. The lowest BCUT2D eigenvalue weighted by Gasteiger charge is -2.28. The highest BCUT2D eigenvalue weighted by molar-refractivity contribution is 9.10. The van der Waals surface area contributed by atoms with Crippen molar-refractivity contribution in [2.24, 2.45) is 5.41 Å². The Morgan fingerprint density at radius 1 is 1.29 bits per heavy atom. The van der Waals surface area contributed by atoms with Crippen molar-refractivity contribution >= 4 is 25.0 Å². The number of benzene rings is 1. The predicted molar refractivity (Wildman–Crippen MR) is 79.5 cm³/mol. The molecule has 1 unspecified atom stereocenters. The Labute approximate surface area is 115 Å². The van der Waals surface area contributed by atoms with Crippen molar-refractivity contribution in [3.8, 4) is 0 Å². The third-order valence-corrected chi connectivity index (χ3v) is 3.65. The van der Waals surface area contributed by atoms with Crippen LogP contribution in [0.25, 0.3) is 0 Å². The van der Waals surface area contributed by atoms with Crippen LogP contribution in [-0.2, 0) is 4.43 Å². The van der Waals surface area contributed by atoms with E-state index < -0.39 is 9.04 Å².